The van der Waals surface area contributed by atoms with Crippen LogP contribution in [0.5, 0.6) is 5.75 Å². The smallest absolute Gasteiger partial charge is 0.251 e. The van der Waals surface area contributed by atoms with Crippen molar-refractivity contribution in [3.8, 4) is 5.75 Å². The summed E-state index contributed by atoms with van der Waals surface area (Å²) in [5.41, 5.74) is 1.66. The molecule has 0 saturated carbocycles. The molecular formula is C18H23N3O2S. The third kappa shape index (κ3) is 4.26. The van der Waals surface area contributed by atoms with Gasteiger partial charge in [0.2, 0.25) is 0 Å². The maximum Gasteiger partial charge on any atom is 0.251 e. The van der Waals surface area contributed by atoms with E-state index < -0.39 is 0 Å². The van der Waals surface area contributed by atoms with Gasteiger partial charge in [0.25, 0.3) is 5.91 Å². The molecule has 1 aliphatic rings. The fraction of sp³-hybridized carbons (Fsp3) is 0.444. The fourth-order valence-electron chi connectivity index (χ4n) is 2.81. The lowest BCUT2D eigenvalue weighted by Gasteiger charge is -2.25. The molecule has 2 aromatic rings. The molecule has 2 heterocycles. The molecule has 6 heteroatoms. The number of nitrogens with one attached hydrogen (secondary N) is 1. The Labute approximate surface area is 146 Å². The summed E-state index contributed by atoms with van der Waals surface area (Å²) >= 11 is 1.70. The minimum absolute atomic E-state index is 0.0830. The van der Waals surface area contributed by atoms with Gasteiger partial charge in [-0.1, -0.05) is 6.07 Å². The molecule has 3 rings (SSSR count). The number of methoxy groups -OCH3 is 1. The molecule has 1 amide bonds. The molecule has 5 nitrogen and oxygen atoms in total. The first-order chi connectivity index (χ1) is 11.8. The number of anilines is 1. The normalized spacial score (nSPS) is 14.5. The molecule has 128 valence electrons. The van der Waals surface area contributed by atoms with Crippen LogP contribution in [0, 0.1) is 0 Å². The fourth-order valence-corrected chi connectivity index (χ4v) is 3.73. The summed E-state index contributed by atoms with van der Waals surface area (Å²) in [5.74, 6) is 0.605. The van der Waals surface area contributed by atoms with Gasteiger partial charge in [0, 0.05) is 37.0 Å². The van der Waals surface area contributed by atoms with Gasteiger partial charge >= 0.3 is 0 Å². The SMILES string of the molecule is COc1cccc(C(=O)NCCc2csc(N3CCCCC3)n2)c1. The van der Waals surface area contributed by atoms with E-state index >= 15 is 0 Å². The van der Waals surface area contributed by atoms with Crippen molar-refractivity contribution in [1.29, 1.82) is 0 Å². The van der Waals surface area contributed by atoms with Crippen LogP contribution in [0.1, 0.15) is 35.3 Å². The van der Waals surface area contributed by atoms with Gasteiger partial charge in [0.05, 0.1) is 12.8 Å². The number of hydrogen-bond donors (Lipinski definition) is 1. The Morgan fingerprint density at radius 1 is 1.33 bits per heavy atom. The predicted molar refractivity (Wildman–Crippen MR) is 97.2 cm³/mol. The molecule has 0 atom stereocenters. The highest BCUT2D eigenvalue weighted by Gasteiger charge is 2.14. The first-order valence-electron chi connectivity index (χ1n) is 8.38. The van der Waals surface area contributed by atoms with Crippen molar-refractivity contribution in [2.75, 3.05) is 31.6 Å². The second kappa shape index (κ2) is 8.15. The zero-order valence-corrected chi connectivity index (χ0v) is 14.8. The zero-order valence-electron chi connectivity index (χ0n) is 14.0. The van der Waals surface area contributed by atoms with E-state index in [1.54, 1.807) is 30.6 Å². The number of amides is 1. The van der Waals surface area contributed by atoms with Crippen LogP contribution in [0.4, 0.5) is 5.13 Å². The molecular weight excluding hydrogens is 322 g/mol. The molecule has 1 aromatic carbocycles. The number of carbonyl (C=O) groups excluding carboxylic acids is 1. The van der Waals surface area contributed by atoms with Crippen LogP contribution in [-0.4, -0.2) is 37.6 Å². The summed E-state index contributed by atoms with van der Waals surface area (Å²) < 4.78 is 5.15. The van der Waals surface area contributed by atoms with Crippen LogP contribution < -0.4 is 15.0 Å². The third-order valence-electron chi connectivity index (χ3n) is 4.16. The molecule has 0 radical (unpaired) electrons. The van der Waals surface area contributed by atoms with Crippen molar-refractivity contribution in [3.63, 3.8) is 0 Å². The van der Waals surface area contributed by atoms with E-state index in [1.807, 2.05) is 12.1 Å². The van der Waals surface area contributed by atoms with Crippen molar-refractivity contribution < 1.29 is 9.53 Å². The second-order valence-corrected chi connectivity index (χ2v) is 6.74. The summed E-state index contributed by atoms with van der Waals surface area (Å²) in [6.45, 7) is 2.80. The van der Waals surface area contributed by atoms with E-state index in [1.165, 1.54) is 19.3 Å². The number of ether oxygens (including phenoxy) is 1. The van der Waals surface area contributed by atoms with Crippen LogP contribution in [0.3, 0.4) is 0 Å². The topological polar surface area (TPSA) is 54.5 Å². The molecule has 0 spiro atoms. The van der Waals surface area contributed by atoms with Crippen molar-refractivity contribution >= 4 is 22.4 Å². The van der Waals surface area contributed by atoms with E-state index in [4.69, 9.17) is 9.72 Å². The number of benzene rings is 1. The highest BCUT2D eigenvalue weighted by Crippen LogP contribution is 2.24. The molecule has 0 unspecified atom stereocenters. The van der Waals surface area contributed by atoms with Gasteiger partial charge in [-0.15, -0.1) is 11.3 Å². The highest BCUT2D eigenvalue weighted by molar-refractivity contribution is 7.13. The molecule has 1 fully saturated rings. The van der Waals surface area contributed by atoms with E-state index in [0.717, 1.165) is 30.3 Å². The Morgan fingerprint density at radius 2 is 2.17 bits per heavy atom. The lowest BCUT2D eigenvalue weighted by Crippen LogP contribution is -2.29. The third-order valence-corrected chi connectivity index (χ3v) is 5.12. The first kappa shape index (κ1) is 16.8. The quantitative estimate of drug-likeness (QED) is 0.874. The number of rotatable bonds is 6. The van der Waals surface area contributed by atoms with Gasteiger partial charge in [-0.3, -0.25) is 4.79 Å². The Morgan fingerprint density at radius 3 is 2.96 bits per heavy atom. The van der Waals surface area contributed by atoms with E-state index in [2.05, 4.69) is 15.6 Å². The molecule has 1 N–H and O–H groups in total. The van der Waals surface area contributed by atoms with E-state index in [0.29, 0.717) is 17.9 Å². The first-order valence-corrected chi connectivity index (χ1v) is 9.26. The summed E-state index contributed by atoms with van der Waals surface area (Å²) in [6, 6.07) is 7.18. The van der Waals surface area contributed by atoms with E-state index in [9.17, 15) is 4.79 Å². The van der Waals surface area contributed by atoms with Crippen molar-refractivity contribution in [3.05, 3.63) is 40.9 Å². The second-order valence-electron chi connectivity index (χ2n) is 5.91. The largest absolute Gasteiger partial charge is 0.497 e. The van der Waals surface area contributed by atoms with Gasteiger partial charge in [-0.05, 0) is 37.5 Å². The minimum Gasteiger partial charge on any atom is -0.497 e. The predicted octanol–water partition coefficient (Wildman–Crippen LogP) is 3.11. The number of thiazole rings is 1. The Balaban J connectivity index is 1.49. The maximum atomic E-state index is 12.2. The summed E-state index contributed by atoms with van der Waals surface area (Å²) in [4.78, 5) is 19.2. The number of piperidine rings is 1. The van der Waals surface area contributed by atoms with Crippen LogP contribution in [0.2, 0.25) is 0 Å². The average Bonchev–Trinajstić information content (AvgIpc) is 3.11. The number of aromatic nitrogens is 1. The van der Waals surface area contributed by atoms with Gasteiger partial charge in [0.1, 0.15) is 5.75 Å². The van der Waals surface area contributed by atoms with Crippen molar-refractivity contribution in [2.45, 2.75) is 25.7 Å². The Hall–Kier alpha value is -2.08. The molecule has 1 saturated heterocycles. The number of carbonyl (C=O) groups is 1. The summed E-state index contributed by atoms with van der Waals surface area (Å²) in [5, 5.41) is 6.16. The highest BCUT2D eigenvalue weighted by atomic mass is 32.1. The zero-order chi connectivity index (χ0) is 16.8. The summed E-state index contributed by atoms with van der Waals surface area (Å²) in [7, 11) is 1.60. The minimum atomic E-state index is -0.0830. The van der Waals surface area contributed by atoms with Crippen molar-refractivity contribution in [1.82, 2.24) is 10.3 Å². The maximum absolute atomic E-state index is 12.2. The van der Waals surface area contributed by atoms with Crippen LogP contribution in [0.15, 0.2) is 29.6 Å². The van der Waals surface area contributed by atoms with Crippen LogP contribution in [-0.2, 0) is 6.42 Å². The molecule has 1 aliphatic heterocycles. The standard InChI is InChI=1S/C18H23N3O2S/c1-23-16-7-5-6-14(12-16)17(22)19-9-8-15-13-24-18(20-15)21-10-3-2-4-11-21/h5-7,12-13H,2-4,8-11H2,1H3,(H,19,22). The molecule has 0 bridgehead atoms. The van der Waals surface area contributed by atoms with Crippen LogP contribution >= 0.6 is 11.3 Å². The molecule has 0 aliphatic carbocycles. The Bertz CT molecular complexity index is 680. The van der Waals surface area contributed by atoms with Crippen LogP contribution in [0.25, 0.3) is 0 Å². The summed E-state index contributed by atoms with van der Waals surface area (Å²) in [6.07, 6.45) is 4.59. The van der Waals surface area contributed by atoms with Gasteiger partial charge in [-0.25, -0.2) is 4.98 Å². The lowest BCUT2D eigenvalue weighted by atomic mass is 10.1. The van der Waals surface area contributed by atoms with E-state index in [-0.39, 0.29) is 5.91 Å². The Kier molecular flexibility index (Phi) is 5.69. The molecule has 24 heavy (non-hydrogen) atoms. The van der Waals surface area contributed by atoms with Crippen molar-refractivity contribution in [2.24, 2.45) is 0 Å². The monoisotopic (exact) mass is 345 g/mol. The average molecular weight is 345 g/mol. The van der Waals surface area contributed by atoms with Gasteiger partial charge in [-0.2, -0.15) is 0 Å². The number of nitrogens with zero attached hydrogens (tertiary/aromatic N) is 2. The van der Waals surface area contributed by atoms with Gasteiger partial charge in [0.15, 0.2) is 5.13 Å². The van der Waals surface area contributed by atoms with Gasteiger partial charge < -0.3 is 15.0 Å². The number of hydrogen-bond acceptors (Lipinski definition) is 5. The molecule has 1 aromatic heterocycles. The lowest BCUT2D eigenvalue weighted by molar-refractivity contribution is 0.0953.